The molecule has 0 bridgehead atoms. The van der Waals surface area contributed by atoms with Gasteiger partial charge >= 0.3 is 6.03 Å². The second-order valence-electron chi connectivity index (χ2n) is 4.76. The molecule has 0 saturated heterocycles. The number of halogens is 1. The van der Waals surface area contributed by atoms with Crippen LogP contribution in [0.5, 0.6) is 0 Å². The van der Waals surface area contributed by atoms with Gasteiger partial charge in [0.25, 0.3) is 0 Å². The van der Waals surface area contributed by atoms with E-state index in [4.69, 9.17) is 16.3 Å². The van der Waals surface area contributed by atoms with E-state index in [1.807, 2.05) is 0 Å². The third-order valence-electron chi connectivity index (χ3n) is 2.88. The zero-order valence-electron chi connectivity index (χ0n) is 10.8. The Morgan fingerprint density at radius 3 is 3.00 bits per heavy atom. The molecule has 104 valence electrons. The Balaban J connectivity index is 1.53. The van der Waals surface area contributed by atoms with Gasteiger partial charge in [-0.25, -0.2) is 4.79 Å². The topological polar surface area (TPSA) is 50.4 Å². The summed E-state index contributed by atoms with van der Waals surface area (Å²) in [6.07, 6.45) is 3.44. The lowest BCUT2D eigenvalue weighted by molar-refractivity contribution is 0.122. The van der Waals surface area contributed by atoms with Crippen LogP contribution >= 0.6 is 11.6 Å². The molecule has 1 saturated carbocycles. The average Bonchev–Trinajstić information content (AvgIpc) is 3.17. The van der Waals surface area contributed by atoms with Crippen LogP contribution in [0.2, 0.25) is 5.02 Å². The SMILES string of the molecule is O=C(NCCCOCC1CC1)Nc1cccc(Cl)c1. The highest BCUT2D eigenvalue weighted by atomic mass is 35.5. The molecule has 1 aromatic rings. The predicted molar refractivity (Wildman–Crippen MR) is 76.6 cm³/mol. The lowest BCUT2D eigenvalue weighted by Gasteiger charge is -2.08. The molecule has 1 aliphatic rings. The van der Waals surface area contributed by atoms with Gasteiger partial charge in [-0.3, -0.25) is 0 Å². The second kappa shape index (κ2) is 7.36. The smallest absolute Gasteiger partial charge is 0.319 e. The number of nitrogens with one attached hydrogen (secondary N) is 2. The van der Waals surface area contributed by atoms with E-state index in [-0.39, 0.29) is 6.03 Å². The molecule has 0 atom stereocenters. The first-order chi connectivity index (χ1) is 9.24. The van der Waals surface area contributed by atoms with E-state index < -0.39 is 0 Å². The lowest BCUT2D eigenvalue weighted by Crippen LogP contribution is -2.30. The number of hydrogen-bond acceptors (Lipinski definition) is 2. The Labute approximate surface area is 118 Å². The van der Waals surface area contributed by atoms with Gasteiger partial charge in [-0.15, -0.1) is 0 Å². The Kier molecular flexibility index (Phi) is 5.48. The summed E-state index contributed by atoms with van der Waals surface area (Å²) in [5.41, 5.74) is 0.690. The minimum atomic E-state index is -0.218. The third-order valence-corrected chi connectivity index (χ3v) is 3.12. The monoisotopic (exact) mass is 282 g/mol. The quantitative estimate of drug-likeness (QED) is 0.754. The molecule has 2 N–H and O–H groups in total. The number of rotatable bonds is 7. The Morgan fingerprint density at radius 1 is 1.42 bits per heavy atom. The van der Waals surface area contributed by atoms with Crippen LogP contribution in [-0.2, 0) is 4.74 Å². The number of carbonyl (C=O) groups excluding carboxylic acids is 1. The van der Waals surface area contributed by atoms with Crippen molar-refractivity contribution in [2.75, 3.05) is 25.1 Å². The number of urea groups is 1. The van der Waals surface area contributed by atoms with Crippen molar-refractivity contribution in [3.63, 3.8) is 0 Å². The van der Waals surface area contributed by atoms with Crippen molar-refractivity contribution in [2.45, 2.75) is 19.3 Å². The minimum Gasteiger partial charge on any atom is -0.381 e. The van der Waals surface area contributed by atoms with Crippen LogP contribution in [-0.4, -0.2) is 25.8 Å². The molecule has 2 amide bonds. The van der Waals surface area contributed by atoms with Crippen molar-refractivity contribution < 1.29 is 9.53 Å². The van der Waals surface area contributed by atoms with Gasteiger partial charge in [-0.05, 0) is 43.4 Å². The zero-order chi connectivity index (χ0) is 13.5. The number of benzene rings is 1. The van der Waals surface area contributed by atoms with Crippen molar-refractivity contribution >= 4 is 23.3 Å². The maximum absolute atomic E-state index is 11.6. The van der Waals surface area contributed by atoms with Crippen LogP contribution in [0, 0.1) is 5.92 Å². The Morgan fingerprint density at radius 2 is 2.26 bits per heavy atom. The average molecular weight is 283 g/mol. The van der Waals surface area contributed by atoms with Gasteiger partial charge in [-0.2, -0.15) is 0 Å². The Hall–Kier alpha value is -1.26. The molecular formula is C14H19ClN2O2. The minimum absolute atomic E-state index is 0.218. The molecule has 2 rings (SSSR count). The summed E-state index contributed by atoms with van der Waals surface area (Å²) >= 11 is 5.83. The first-order valence-corrected chi connectivity index (χ1v) is 7.00. The van der Waals surface area contributed by atoms with Crippen molar-refractivity contribution in [3.8, 4) is 0 Å². The molecule has 0 aromatic heterocycles. The summed E-state index contributed by atoms with van der Waals surface area (Å²) in [5.74, 6) is 0.791. The molecule has 0 radical (unpaired) electrons. The number of anilines is 1. The molecule has 1 fully saturated rings. The van der Waals surface area contributed by atoms with E-state index in [2.05, 4.69) is 10.6 Å². The van der Waals surface area contributed by atoms with Gasteiger partial charge in [0, 0.05) is 30.5 Å². The number of ether oxygens (including phenoxy) is 1. The van der Waals surface area contributed by atoms with E-state index in [1.54, 1.807) is 24.3 Å². The molecule has 19 heavy (non-hydrogen) atoms. The number of carbonyl (C=O) groups is 1. The van der Waals surface area contributed by atoms with Crippen molar-refractivity contribution in [1.82, 2.24) is 5.32 Å². The van der Waals surface area contributed by atoms with Gasteiger partial charge < -0.3 is 15.4 Å². The van der Waals surface area contributed by atoms with Gasteiger partial charge in [0.15, 0.2) is 0 Å². The maximum Gasteiger partial charge on any atom is 0.319 e. The molecule has 0 spiro atoms. The second-order valence-corrected chi connectivity index (χ2v) is 5.20. The highest BCUT2D eigenvalue weighted by Crippen LogP contribution is 2.28. The van der Waals surface area contributed by atoms with E-state index in [0.717, 1.165) is 18.9 Å². The molecule has 0 heterocycles. The van der Waals surface area contributed by atoms with Crippen molar-refractivity contribution in [3.05, 3.63) is 29.3 Å². The molecule has 0 unspecified atom stereocenters. The lowest BCUT2D eigenvalue weighted by atomic mass is 10.3. The number of hydrogen-bond donors (Lipinski definition) is 2. The molecule has 4 nitrogen and oxygen atoms in total. The standard InChI is InChI=1S/C14H19ClN2O2/c15-12-3-1-4-13(9-12)17-14(18)16-7-2-8-19-10-11-5-6-11/h1,3-4,9,11H,2,5-8,10H2,(H2,16,17,18). The first-order valence-electron chi connectivity index (χ1n) is 6.62. The van der Waals surface area contributed by atoms with Crippen molar-refractivity contribution in [2.24, 2.45) is 5.92 Å². The van der Waals surface area contributed by atoms with Gasteiger partial charge in [0.05, 0.1) is 0 Å². The van der Waals surface area contributed by atoms with E-state index >= 15 is 0 Å². The molecule has 1 aromatic carbocycles. The molecular weight excluding hydrogens is 264 g/mol. The maximum atomic E-state index is 11.6. The fourth-order valence-corrected chi connectivity index (χ4v) is 1.84. The van der Waals surface area contributed by atoms with Crippen LogP contribution in [0.4, 0.5) is 10.5 Å². The summed E-state index contributed by atoms with van der Waals surface area (Å²) in [5, 5.41) is 6.11. The van der Waals surface area contributed by atoms with Crippen molar-refractivity contribution in [1.29, 1.82) is 0 Å². The van der Waals surface area contributed by atoms with E-state index in [1.165, 1.54) is 12.8 Å². The van der Waals surface area contributed by atoms with Crippen LogP contribution in [0.15, 0.2) is 24.3 Å². The summed E-state index contributed by atoms with van der Waals surface area (Å²) in [4.78, 5) is 11.6. The predicted octanol–water partition coefficient (Wildman–Crippen LogP) is 3.28. The van der Waals surface area contributed by atoms with E-state index in [9.17, 15) is 4.79 Å². The third kappa shape index (κ3) is 5.94. The van der Waals surface area contributed by atoms with Crippen LogP contribution in [0.25, 0.3) is 0 Å². The van der Waals surface area contributed by atoms with E-state index in [0.29, 0.717) is 23.9 Å². The van der Waals surface area contributed by atoms with Gasteiger partial charge in [-0.1, -0.05) is 17.7 Å². The van der Waals surface area contributed by atoms with Crippen LogP contribution < -0.4 is 10.6 Å². The Bertz CT molecular complexity index is 422. The summed E-state index contributed by atoms with van der Waals surface area (Å²) in [6.45, 7) is 2.18. The fraction of sp³-hybridized carbons (Fsp3) is 0.500. The van der Waals surface area contributed by atoms with Gasteiger partial charge in [0.1, 0.15) is 0 Å². The van der Waals surface area contributed by atoms with Crippen LogP contribution in [0.3, 0.4) is 0 Å². The highest BCUT2D eigenvalue weighted by molar-refractivity contribution is 6.30. The van der Waals surface area contributed by atoms with Crippen LogP contribution in [0.1, 0.15) is 19.3 Å². The fourth-order valence-electron chi connectivity index (χ4n) is 1.65. The first kappa shape index (κ1) is 14.2. The molecule has 1 aliphatic carbocycles. The molecule has 0 aliphatic heterocycles. The summed E-state index contributed by atoms with van der Waals surface area (Å²) in [7, 11) is 0. The summed E-state index contributed by atoms with van der Waals surface area (Å²) < 4.78 is 5.48. The summed E-state index contributed by atoms with van der Waals surface area (Å²) in [6, 6.07) is 6.85. The van der Waals surface area contributed by atoms with Gasteiger partial charge in [0.2, 0.25) is 0 Å². The largest absolute Gasteiger partial charge is 0.381 e. The highest BCUT2D eigenvalue weighted by Gasteiger charge is 2.20. The number of amides is 2. The zero-order valence-corrected chi connectivity index (χ0v) is 11.6. The normalized spacial score (nSPS) is 14.2. The molecule has 5 heteroatoms.